The third-order valence-corrected chi connectivity index (χ3v) is 3.63. The van der Waals surface area contributed by atoms with Gasteiger partial charge in [0.1, 0.15) is 5.56 Å². The number of halogens is 1. The molecule has 106 valence electrons. The number of anilines is 1. The summed E-state index contributed by atoms with van der Waals surface area (Å²) in [7, 11) is 0. The van der Waals surface area contributed by atoms with Crippen molar-refractivity contribution in [2.75, 3.05) is 31.1 Å². The number of aromatic carboxylic acids is 1. The van der Waals surface area contributed by atoms with Gasteiger partial charge in [0, 0.05) is 32.4 Å². The molecule has 1 atom stereocenters. The van der Waals surface area contributed by atoms with E-state index in [1.165, 1.54) is 6.20 Å². The molecule has 0 spiro atoms. The summed E-state index contributed by atoms with van der Waals surface area (Å²) in [6, 6.07) is 0.992. The maximum atomic E-state index is 14.1. The summed E-state index contributed by atoms with van der Waals surface area (Å²) in [4.78, 5) is 29.8. The van der Waals surface area contributed by atoms with Gasteiger partial charge < -0.3 is 20.2 Å². The topological polar surface area (TPSA) is 85.8 Å². The molecule has 2 amide bonds. The van der Waals surface area contributed by atoms with E-state index in [2.05, 4.69) is 10.3 Å². The predicted molar refractivity (Wildman–Crippen MR) is 67.3 cm³/mol. The molecule has 7 nitrogen and oxygen atoms in total. The monoisotopic (exact) mass is 280 g/mol. The fourth-order valence-corrected chi connectivity index (χ4v) is 2.61. The van der Waals surface area contributed by atoms with Crippen molar-refractivity contribution in [3.63, 3.8) is 0 Å². The van der Waals surface area contributed by atoms with E-state index in [9.17, 15) is 14.0 Å². The number of nitrogens with one attached hydrogen (secondary N) is 1. The number of carboxylic acids is 1. The first kappa shape index (κ1) is 12.6. The van der Waals surface area contributed by atoms with Gasteiger partial charge in [-0.3, -0.25) is 0 Å². The van der Waals surface area contributed by atoms with Crippen LogP contribution in [0.1, 0.15) is 10.4 Å². The molecule has 0 aromatic carbocycles. The number of hydrogen-bond donors (Lipinski definition) is 2. The minimum Gasteiger partial charge on any atom is -0.478 e. The molecule has 0 saturated carbocycles. The number of aromatic nitrogens is 1. The number of carbonyl (C=O) groups excluding carboxylic acids is 1. The number of rotatable bonds is 2. The number of hydrogen-bond acceptors (Lipinski definition) is 4. The largest absolute Gasteiger partial charge is 0.478 e. The van der Waals surface area contributed by atoms with E-state index in [4.69, 9.17) is 5.11 Å². The summed E-state index contributed by atoms with van der Waals surface area (Å²) in [5.41, 5.74) is -0.391. The minimum atomic E-state index is -1.32. The van der Waals surface area contributed by atoms with Crippen LogP contribution in [0, 0.1) is 5.82 Å². The highest BCUT2D eigenvalue weighted by Gasteiger charge is 2.36. The van der Waals surface area contributed by atoms with E-state index in [0.29, 0.717) is 26.2 Å². The Bertz CT molecular complexity index is 580. The average molecular weight is 280 g/mol. The highest BCUT2D eigenvalue weighted by molar-refractivity contribution is 5.88. The minimum absolute atomic E-state index is 0.0314. The number of carboxylic acid groups (broad SMARTS) is 1. The Morgan fingerprint density at radius 1 is 1.50 bits per heavy atom. The third kappa shape index (κ3) is 1.93. The second-order valence-corrected chi connectivity index (χ2v) is 4.78. The van der Waals surface area contributed by atoms with Crippen LogP contribution >= 0.6 is 0 Å². The van der Waals surface area contributed by atoms with E-state index < -0.39 is 17.3 Å². The van der Waals surface area contributed by atoms with Crippen LogP contribution in [-0.2, 0) is 0 Å². The highest BCUT2D eigenvalue weighted by atomic mass is 19.1. The summed E-state index contributed by atoms with van der Waals surface area (Å²) < 4.78 is 14.1. The van der Waals surface area contributed by atoms with Gasteiger partial charge in [-0.1, -0.05) is 0 Å². The molecule has 0 radical (unpaired) electrons. The molecule has 1 unspecified atom stereocenters. The maximum Gasteiger partial charge on any atom is 0.338 e. The number of piperazine rings is 1. The number of fused-ring (bicyclic) bond motifs is 1. The van der Waals surface area contributed by atoms with Crippen molar-refractivity contribution in [3.8, 4) is 0 Å². The lowest BCUT2D eigenvalue weighted by atomic mass is 10.1. The van der Waals surface area contributed by atoms with E-state index in [1.54, 1.807) is 9.80 Å². The van der Waals surface area contributed by atoms with Crippen LogP contribution < -0.4 is 10.2 Å². The van der Waals surface area contributed by atoms with Gasteiger partial charge in [0.05, 0.1) is 6.04 Å². The van der Waals surface area contributed by atoms with E-state index in [1.807, 2.05) is 0 Å². The van der Waals surface area contributed by atoms with Gasteiger partial charge in [-0.25, -0.2) is 19.0 Å². The van der Waals surface area contributed by atoms with Crippen LogP contribution in [0.4, 0.5) is 15.0 Å². The Morgan fingerprint density at radius 3 is 3.05 bits per heavy atom. The van der Waals surface area contributed by atoms with Crippen molar-refractivity contribution in [1.29, 1.82) is 0 Å². The molecule has 2 aliphatic heterocycles. The van der Waals surface area contributed by atoms with Gasteiger partial charge in [0.25, 0.3) is 0 Å². The molecule has 8 heteroatoms. The Morgan fingerprint density at radius 2 is 2.30 bits per heavy atom. The van der Waals surface area contributed by atoms with Crippen molar-refractivity contribution >= 4 is 17.8 Å². The average Bonchev–Trinajstić information content (AvgIpc) is 2.80. The van der Waals surface area contributed by atoms with Gasteiger partial charge >= 0.3 is 12.0 Å². The van der Waals surface area contributed by atoms with E-state index in [-0.39, 0.29) is 17.9 Å². The lowest BCUT2D eigenvalue weighted by Gasteiger charge is -2.37. The van der Waals surface area contributed by atoms with Crippen molar-refractivity contribution in [2.24, 2.45) is 0 Å². The zero-order valence-electron chi connectivity index (χ0n) is 10.5. The molecular formula is C12H13FN4O3. The van der Waals surface area contributed by atoms with Crippen molar-refractivity contribution < 1.29 is 19.1 Å². The maximum absolute atomic E-state index is 14.1. The van der Waals surface area contributed by atoms with E-state index in [0.717, 1.165) is 6.07 Å². The number of pyridine rings is 1. The van der Waals surface area contributed by atoms with Crippen LogP contribution in [0.15, 0.2) is 12.3 Å². The van der Waals surface area contributed by atoms with Crippen molar-refractivity contribution in [1.82, 2.24) is 15.2 Å². The normalized spacial score (nSPS) is 21.6. The molecule has 2 N–H and O–H groups in total. The highest BCUT2D eigenvalue weighted by Crippen LogP contribution is 2.23. The van der Waals surface area contributed by atoms with Gasteiger partial charge in [-0.05, 0) is 6.07 Å². The van der Waals surface area contributed by atoms with Crippen LogP contribution in [0.5, 0.6) is 0 Å². The third-order valence-electron chi connectivity index (χ3n) is 3.63. The molecule has 2 fully saturated rings. The fourth-order valence-electron chi connectivity index (χ4n) is 2.61. The van der Waals surface area contributed by atoms with Crippen LogP contribution in [0.2, 0.25) is 0 Å². The van der Waals surface area contributed by atoms with Crippen LogP contribution in [-0.4, -0.2) is 59.2 Å². The second-order valence-electron chi connectivity index (χ2n) is 4.78. The van der Waals surface area contributed by atoms with Crippen molar-refractivity contribution in [3.05, 3.63) is 23.6 Å². The van der Waals surface area contributed by atoms with E-state index >= 15 is 0 Å². The Kier molecular flexibility index (Phi) is 2.92. The molecule has 1 aromatic rings. The first-order valence-electron chi connectivity index (χ1n) is 6.25. The Balaban J connectivity index is 1.86. The molecule has 20 heavy (non-hydrogen) atoms. The molecule has 2 saturated heterocycles. The standard InChI is InChI=1S/C12H13FN4O3/c13-9-8(11(18)19)1-2-14-10(9)16-3-4-17-7(6-16)5-15-12(17)20/h1-2,7H,3-6H2,(H,15,20)(H,18,19). The molecule has 3 heterocycles. The Hall–Kier alpha value is -2.38. The van der Waals surface area contributed by atoms with Gasteiger partial charge in [0.2, 0.25) is 0 Å². The van der Waals surface area contributed by atoms with Crippen LogP contribution in [0.3, 0.4) is 0 Å². The summed E-state index contributed by atoms with van der Waals surface area (Å²) in [6.45, 7) is 1.84. The summed E-state index contributed by atoms with van der Waals surface area (Å²) >= 11 is 0. The first-order valence-corrected chi connectivity index (χ1v) is 6.25. The Labute approximate surface area is 114 Å². The van der Waals surface area contributed by atoms with Crippen LogP contribution in [0.25, 0.3) is 0 Å². The fraction of sp³-hybridized carbons (Fsp3) is 0.417. The lowest BCUT2D eigenvalue weighted by Crippen LogP contribution is -2.52. The predicted octanol–water partition coefficient (Wildman–Crippen LogP) is 0.133. The van der Waals surface area contributed by atoms with Crippen molar-refractivity contribution in [2.45, 2.75) is 6.04 Å². The smallest absolute Gasteiger partial charge is 0.338 e. The number of carbonyl (C=O) groups is 2. The second kappa shape index (κ2) is 4.62. The summed E-state index contributed by atoms with van der Waals surface area (Å²) in [6.07, 6.45) is 1.28. The molecule has 0 bridgehead atoms. The molecular weight excluding hydrogens is 267 g/mol. The molecule has 2 aliphatic rings. The molecule has 0 aliphatic carbocycles. The summed E-state index contributed by atoms with van der Waals surface area (Å²) in [5.74, 6) is -2.11. The molecule has 3 rings (SSSR count). The van der Waals surface area contributed by atoms with Gasteiger partial charge in [0.15, 0.2) is 11.6 Å². The number of amides is 2. The summed E-state index contributed by atoms with van der Waals surface area (Å²) in [5, 5.41) is 11.7. The number of urea groups is 1. The zero-order valence-corrected chi connectivity index (χ0v) is 10.5. The lowest BCUT2D eigenvalue weighted by molar-refractivity contribution is 0.0691. The molecule has 1 aromatic heterocycles. The zero-order chi connectivity index (χ0) is 14.3. The SMILES string of the molecule is O=C(O)c1ccnc(N2CCN3C(=O)NCC3C2)c1F. The quantitative estimate of drug-likeness (QED) is 0.804. The first-order chi connectivity index (χ1) is 9.58. The number of nitrogens with zero attached hydrogens (tertiary/aromatic N) is 3. The van der Waals surface area contributed by atoms with Gasteiger partial charge in [-0.15, -0.1) is 0 Å². The van der Waals surface area contributed by atoms with Gasteiger partial charge in [-0.2, -0.15) is 0 Å².